The van der Waals surface area contributed by atoms with Gasteiger partial charge in [-0.05, 0) is 37.3 Å². The molecule has 0 aliphatic carbocycles. The van der Waals surface area contributed by atoms with Gasteiger partial charge in [-0.15, -0.1) is 0 Å². The van der Waals surface area contributed by atoms with Crippen molar-refractivity contribution in [1.82, 2.24) is 24.8 Å². The van der Waals surface area contributed by atoms with Crippen molar-refractivity contribution in [3.05, 3.63) is 57.5 Å². The fraction of sp³-hybridized carbons (Fsp3) is 0.545. The first-order valence-electron chi connectivity index (χ1n) is 10.8. The molecule has 2 fully saturated rings. The lowest BCUT2D eigenvalue weighted by Crippen LogP contribution is -2.40. The van der Waals surface area contributed by atoms with Gasteiger partial charge in [0.1, 0.15) is 11.9 Å². The normalized spacial score (nSPS) is 24.2. The number of nitrogens with zero attached hydrogens (tertiary/aromatic N) is 4. The Bertz CT molecular complexity index is 970. The van der Waals surface area contributed by atoms with Gasteiger partial charge in [0.25, 0.3) is 11.5 Å². The van der Waals surface area contributed by atoms with Gasteiger partial charge in [-0.25, -0.2) is 4.98 Å². The molecule has 2 aromatic heterocycles. The number of amides is 1. The highest BCUT2D eigenvalue weighted by Gasteiger charge is 2.37. The largest absolute Gasteiger partial charge is 0.368 e. The van der Waals surface area contributed by atoms with Crippen LogP contribution >= 0.6 is 0 Å². The zero-order chi connectivity index (χ0) is 20.5. The van der Waals surface area contributed by atoms with Crippen LogP contribution in [0, 0.1) is 0 Å². The first-order chi connectivity index (χ1) is 14.7. The Morgan fingerprint density at radius 2 is 2.20 bits per heavy atom. The molecular weight excluding hydrogens is 382 g/mol. The molecule has 0 radical (unpaired) electrons. The van der Waals surface area contributed by atoms with Crippen molar-refractivity contribution in [3.63, 3.8) is 0 Å². The molecule has 0 bridgehead atoms. The number of H-pyrrole nitrogens is 1. The van der Waals surface area contributed by atoms with Gasteiger partial charge in [0, 0.05) is 51.6 Å². The van der Waals surface area contributed by atoms with Crippen LogP contribution in [0.3, 0.4) is 0 Å². The number of ether oxygens (including phenoxy) is 1. The summed E-state index contributed by atoms with van der Waals surface area (Å²) >= 11 is 0. The molecule has 0 spiro atoms. The van der Waals surface area contributed by atoms with Gasteiger partial charge in [0.2, 0.25) is 0 Å². The molecule has 2 atom stereocenters. The lowest BCUT2D eigenvalue weighted by Gasteiger charge is -2.29. The summed E-state index contributed by atoms with van der Waals surface area (Å²) in [4.78, 5) is 41.9. The van der Waals surface area contributed by atoms with E-state index in [0.717, 1.165) is 62.0 Å². The highest BCUT2D eigenvalue weighted by atomic mass is 16.5. The van der Waals surface area contributed by atoms with Crippen molar-refractivity contribution in [3.8, 4) is 0 Å². The van der Waals surface area contributed by atoms with E-state index in [4.69, 9.17) is 9.72 Å². The fourth-order valence-corrected chi connectivity index (χ4v) is 4.81. The minimum atomic E-state index is -0.337. The summed E-state index contributed by atoms with van der Waals surface area (Å²) in [5.74, 6) is 0.668. The number of aromatic amines is 1. The molecule has 2 aromatic rings. The number of hydrogen-bond donors (Lipinski definition) is 1. The predicted octanol–water partition coefficient (Wildman–Crippen LogP) is 1.57. The number of rotatable bonds is 4. The number of carbonyl (C=O) groups is 1. The summed E-state index contributed by atoms with van der Waals surface area (Å²) in [5, 5.41) is 0. The number of aromatic nitrogens is 3. The summed E-state index contributed by atoms with van der Waals surface area (Å²) in [6, 6.07) is 3.82. The lowest BCUT2D eigenvalue weighted by molar-refractivity contribution is -0.142. The Morgan fingerprint density at radius 3 is 3.00 bits per heavy atom. The number of likely N-dealkylation sites (tertiary alicyclic amines) is 1. The predicted molar refractivity (Wildman–Crippen MR) is 110 cm³/mol. The van der Waals surface area contributed by atoms with Crippen LogP contribution < -0.4 is 5.56 Å². The third kappa shape index (κ3) is 3.77. The monoisotopic (exact) mass is 409 g/mol. The van der Waals surface area contributed by atoms with Crippen LogP contribution in [-0.2, 0) is 29.0 Å². The highest BCUT2D eigenvalue weighted by Crippen LogP contribution is 2.32. The molecule has 0 saturated carbocycles. The first kappa shape index (κ1) is 19.4. The maximum Gasteiger partial charge on any atom is 0.255 e. The fourth-order valence-electron chi connectivity index (χ4n) is 4.81. The average Bonchev–Trinajstić information content (AvgIpc) is 3.47. The summed E-state index contributed by atoms with van der Waals surface area (Å²) < 4.78 is 5.59. The van der Waals surface area contributed by atoms with E-state index in [0.29, 0.717) is 25.5 Å². The highest BCUT2D eigenvalue weighted by molar-refractivity contribution is 5.81. The van der Waals surface area contributed by atoms with Gasteiger partial charge in [0.05, 0.1) is 17.3 Å². The van der Waals surface area contributed by atoms with Crippen molar-refractivity contribution in [2.45, 2.75) is 57.3 Å². The molecule has 1 amide bonds. The lowest BCUT2D eigenvalue weighted by atomic mass is 10.1. The molecule has 8 nitrogen and oxygen atoms in total. The quantitative estimate of drug-likeness (QED) is 0.824. The van der Waals surface area contributed by atoms with Crippen LogP contribution in [0.25, 0.3) is 0 Å². The molecule has 3 aliphatic heterocycles. The van der Waals surface area contributed by atoms with Gasteiger partial charge < -0.3 is 14.6 Å². The Balaban J connectivity index is 1.34. The maximum atomic E-state index is 12.9. The van der Waals surface area contributed by atoms with Gasteiger partial charge in [-0.3, -0.25) is 19.5 Å². The van der Waals surface area contributed by atoms with Crippen LogP contribution in [0.1, 0.15) is 54.4 Å². The van der Waals surface area contributed by atoms with Crippen molar-refractivity contribution >= 4 is 5.91 Å². The number of hydrogen-bond acceptors (Lipinski definition) is 6. The summed E-state index contributed by atoms with van der Waals surface area (Å²) in [7, 11) is 0. The number of nitrogens with one attached hydrogen (secondary N) is 1. The van der Waals surface area contributed by atoms with Crippen LogP contribution in [0.5, 0.6) is 0 Å². The van der Waals surface area contributed by atoms with Gasteiger partial charge in [-0.1, -0.05) is 6.07 Å². The van der Waals surface area contributed by atoms with E-state index in [1.54, 1.807) is 6.20 Å². The zero-order valence-corrected chi connectivity index (χ0v) is 17.0. The molecule has 2 unspecified atom stereocenters. The summed E-state index contributed by atoms with van der Waals surface area (Å²) in [5.41, 5.74) is 2.66. The van der Waals surface area contributed by atoms with Crippen LogP contribution in [-0.4, -0.2) is 56.5 Å². The van der Waals surface area contributed by atoms with E-state index in [1.165, 1.54) is 0 Å². The molecule has 1 N–H and O–H groups in total. The third-order valence-corrected chi connectivity index (χ3v) is 6.35. The first-order valence-corrected chi connectivity index (χ1v) is 10.8. The topological polar surface area (TPSA) is 91.4 Å². The van der Waals surface area contributed by atoms with E-state index < -0.39 is 0 Å². The Kier molecular flexibility index (Phi) is 5.35. The van der Waals surface area contributed by atoms with Crippen LogP contribution in [0.2, 0.25) is 0 Å². The van der Waals surface area contributed by atoms with Crippen molar-refractivity contribution in [1.29, 1.82) is 0 Å². The van der Waals surface area contributed by atoms with Crippen LogP contribution in [0.15, 0.2) is 29.3 Å². The minimum absolute atomic E-state index is 0.0398. The van der Waals surface area contributed by atoms with Crippen molar-refractivity contribution in [2.24, 2.45) is 0 Å². The molecule has 5 rings (SSSR count). The SMILES string of the molecule is O=C(C1CCCO1)N1CCCC1c1nc2c(c(=O)[nH]1)CN(Cc1cccnc1)CC2. The van der Waals surface area contributed by atoms with E-state index in [9.17, 15) is 9.59 Å². The van der Waals surface area contributed by atoms with Gasteiger partial charge in [-0.2, -0.15) is 0 Å². The maximum absolute atomic E-state index is 12.9. The second kappa shape index (κ2) is 8.28. The smallest absolute Gasteiger partial charge is 0.255 e. The van der Waals surface area contributed by atoms with E-state index in [2.05, 4.69) is 14.9 Å². The molecule has 5 heterocycles. The van der Waals surface area contributed by atoms with Crippen molar-refractivity contribution in [2.75, 3.05) is 19.7 Å². The third-order valence-electron chi connectivity index (χ3n) is 6.35. The molecule has 3 aliphatic rings. The van der Waals surface area contributed by atoms with E-state index in [-0.39, 0.29) is 23.6 Å². The Morgan fingerprint density at radius 1 is 1.27 bits per heavy atom. The Labute approximate surface area is 175 Å². The molecule has 30 heavy (non-hydrogen) atoms. The zero-order valence-electron chi connectivity index (χ0n) is 17.0. The number of carbonyl (C=O) groups excluding carboxylic acids is 1. The standard InChI is InChI=1S/C22H27N5O3/c28-21-16-14-26(13-15-4-1-8-23-12-15)10-7-17(16)24-20(25-21)18-5-2-9-27(18)22(29)19-6-3-11-30-19/h1,4,8,12,18-19H,2-3,5-7,9-11,13-14H2,(H,24,25,28). The number of fused-ring (bicyclic) bond motifs is 1. The molecule has 2 saturated heterocycles. The van der Waals surface area contributed by atoms with Crippen molar-refractivity contribution < 1.29 is 9.53 Å². The molecular formula is C22H27N5O3. The Hall–Kier alpha value is -2.58. The molecule has 0 aromatic carbocycles. The van der Waals surface area contributed by atoms with Gasteiger partial charge in [0.15, 0.2) is 0 Å². The summed E-state index contributed by atoms with van der Waals surface area (Å²) in [6.07, 6.45) is 7.48. The van der Waals surface area contributed by atoms with Gasteiger partial charge >= 0.3 is 0 Å². The molecule has 158 valence electrons. The van der Waals surface area contributed by atoms with E-state index in [1.807, 2.05) is 23.2 Å². The average molecular weight is 409 g/mol. The second-order valence-electron chi connectivity index (χ2n) is 8.39. The minimum Gasteiger partial charge on any atom is -0.368 e. The van der Waals surface area contributed by atoms with Crippen LogP contribution in [0.4, 0.5) is 0 Å². The second-order valence-corrected chi connectivity index (χ2v) is 8.39. The number of pyridine rings is 1. The van der Waals surface area contributed by atoms with E-state index >= 15 is 0 Å². The molecule has 8 heteroatoms. The summed E-state index contributed by atoms with van der Waals surface area (Å²) in [6.45, 7) is 3.54.